The van der Waals surface area contributed by atoms with Crippen molar-refractivity contribution >= 4 is 11.8 Å². The maximum Gasteiger partial charge on any atom is 0.243 e. The van der Waals surface area contributed by atoms with Gasteiger partial charge >= 0.3 is 0 Å². The van der Waals surface area contributed by atoms with E-state index in [0.717, 1.165) is 90.8 Å². The zero-order valence-electron chi connectivity index (χ0n) is 38.1. The van der Waals surface area contributed by atoms with Gasteiger partial charge in [0.25, 0.3) is 0 Å². The molecule has 2 aliphatic rings. The van der Waals surface area contributed by atoms with Crippen molar-refractivity contribution in [2.24, 2.45) is 5.92 Å². The Morgan fingerprint density at radius 3 is 1.68 bits per heavy atom. The Kier molecular flexibility index (Phi) is 34.8. The first-order valence-electron chi connectivity index (χ1n) is 25.3. The van der Waals surface area contributed by atoms with Crippen LogP contribution in [0.15, 0.2) is 24.3 Å². The standard InChI is InChI=1S/C51H95N3O3/c1-3-5-7-9-11-13-15-17-19-21-23-25-27-29-31-36-41-52-51(56)50(48-38-33-32-34-39-48)54(43-37-42-53-44-46-57-47-45-53)49(55)40-35-30-28-26-24-22-20-18-16-14-12-10-8-6-4-2/h12,14,18,20,48,50H,3-11,13,15-17,19,21-47H2,1-2H3,(H,52,56)/b14-12-,20-18-. The average Bonchev–Trinajstić information content (AvgIpc) is 3.23. The highest BCUT2D eigenvalue weighted by atomic mass is 16.5. The van der Waals surface area contributed by atoms with E-state index in [-0.39, 0.29) is 23.8 Å². The molecule has 0 aromatic carbocycles. The third-order valence-electron chi connectivity index (χ3n) is 12.7. The molecule has 1 unspecified atom stereocenters. The molecule has 1 saturated heterocycles. The van der Waals surface area contributed by atoms with Gasteiger partial charge in [-0.05, 0) is 70.1 Å². The second kappa shape index (κ2) is 38.5. The van der Waals surface area contributed by atoms with E-state index in [0.29, 0.717) is 13.0 Å². The van der Waals surface area contributed by atoms with Crippen molar-refractivity contribution in [1.29, 1.82) is 0 Å². The van der Waals surface area contributed by atoms with Crippen LogP contribution >= 0.6 is 0 Å². The smallest absolute Gasteiger partial charge is 0.243 e. The molecule has 0 spiro atoms. The molecule has 0 radical (unpaired) electrons. The van der Waals surface area contributed by atoms with Crippen LogP contribution in [-0.4, -0.2) is 73.6 Å². The first-order chi connectivity index (χ1) is 28.2. The summed E-state index contributed by atoms with van der Waals surface area (Å²) >= 11 is 0. The third-order valence-corrected chi connectivity index (χ3v) is 12.7. The molecule has 332 valence electrons. The van der Waals surface area contributed by atoms with E-state index in [1.807, 2.05) is 0 Å². The molecule has 1 saturated carbocycles. The van der Waals surface area contributed by atoms with Gasteiger partial charge in [0, 0.05) is 39.1 Å². The fraction of sp³-hybridized carbons (Fsp3) is 0.882. The summed E-state index contributed by atoms with van der Waals surface area (Å²) in [6, 6.07) is -0.318. The molecule has 1 aliphatic carbocycles. The SMILES string of the molecule is CCCCC/C=C\C/C=C\CCCCCCCC(=O)N(CCCN1CCOCC1)C(C(=O)NCCCCCCCCCCCCCCCCCC)C1CCCCC1. The number of unbranched alkanes of at least 4 members (excludes halogenated alkanes) is 23. The molecule has 1 atom stereocenters. The first kappa shape index (κ1) is 51.5. The summed E-state index contributed by atoms with van der Waals surface area (Å²) in [5, 5.41) is 3.36. The van der Waals surface area contributed by atoms with Crippen molar-refractivity contribution in [2.45, 2.75) is 238 Å². The number of ether oxygens (including phenoxy) is 1. The summed E-state index contributed by atoms with van der Waals surface area (Å²) in [7, 11) is 0. The van der Waals surface area contributed by atoms with Crippen molar-refractivity contribution in [3.63, 3.8) is 0 Å². The molecule has 0 bridgehead atoms. The fourth-order valence-corrected chi connectivity index (χ4v) is 8.99. The predicted octanol–water partition coefficient (Wildman–Crippen LogP) is 13.7. The summed E-state index contributed by atoms with van der Waals surface area (Å²) in [6.45, 7) is 10.5. The minimum atomic E-state index is -0.318. The molecule has 6 heteroatoms. The Balaban J connectivity index is 1.74. The summed E-state index contributed by atoms with van der Waals surface area (Å²) in [5.74, 6) is 0.597. The highest BCUT2D eigenvalue weighted by Gasteiger charge is 2.36. The predicted molar refractivity (Wildman–Crippen MR) is 246 cm³/mol. The largest absolute Gasteiger partial charge is 0.379 e. The lowest BCUT2D eigenvalue weighted by Crippen LogP contribution is -2.54. The second-order valence-corrected chi connectivity index (χ2v) is 17.8. The lowest BCUT2D eigenvalue weighted by atomic mass is 9.82. The number of rotatable bonds is 38. The molecule has 0 aromatic rings. The molecule has 1 aliphatic heterocycles. The molecular weight excluding hydrogens is 703 g/mol. The summed E-state index contributed by atoms with van der Waals surface area (Å²) in [4.78, 5) is 32.7. The molecule has 1 N–H and O–H groups in total. The quantitative estimate of drug-likeness (QED) is 0.0499. The highest BCUT2D eigenvalue weighted by Crippen LogP contribution is 2.30. The van der Waals surface area contributed by atoms with E-state index in [1.165, 1.54) is 161 Å². The summed E-state index contributed by atoms with van der Waals surface area (Å²) in [6.07, 6.45) is 51.1. The van der Waals surface area contributed by atoms with Crippen LogP contribution in [0.25, 0.3) is 0 Å². The van der Waals surface area contributed by atoms with Gasteiger partial charge in [0.2, 0.25) is 11.8 Å². The van der Waals surface area contributed by atoms with Crippen LogP contribution in [0.5, 0.6) is 0 Å². The van der Waals surface area contributed by atoms with Crippen molar-refractivity contribution in [2.75, 3.05) is 45.9 Å². The van der Waals surface area contributed by atoms with Crippen LogP contribution < -0.4 is 5.32 Å². The van der Waals surface area contributed by atoms with E-state index >= 15 is 0 Å². The van der Waals surface area contributed by atoms with Crippen LogP contribution in [0.3, 0.4) is 0 Å². The van der Waals surface area contributed by atoms with Gasteiger partial charge in [-0.2, -0.15) is 0 Å². The minimum Gasteiger partial charge on any atom is -0.379 e. The van der Waals surface area contributed by atoms with Crippen LogP contribution in [0.2, 0.25) is 0 Å². The van der Waals surface area contributed by atoms with Crippen LogP contribution in [0.1, 0.15) is 232 Å². The Bertz CT molecular complexity index is 971. The first-order valence-corrected chi connectivity index (χ1v) is 25.3. The van der Waals surface area contributed by atoms with Crippen molar-refractivity contribution in [1.82, 2.24) is 15.1 Å². The van der Waals surface area contributed by atoms with Gasteiger partial charge in [0.15, 0.2) is 0 Å². The van der Waals surface area contributed by atoms with Gasteiger partial charge in [-0.1, -0.05) is 186 Å². The number of carbonyl (C=O) groups excluding carboxylic acids is 2. The fourth-order valence-electron chi connectivity index (χ4n) is 8.99. The van der Waals surface area contributed by atoms with E-state index < -0.39 is 0 Å². The number of hydrogen-bond donors (Lipinski definition) is 1. The van der Waals surface area contributed by atoms with Gasteiger partial charge in [0.05, 0.1) is 13.2 Å². The molecule has 0 aromatic heterocycles. The molecular formula is C51H95N3O3. The lowest BCUT2D eigenvalue weighted by Gasteiger charge is -2.38. The number of allylic oxidation sites excluding steroid dienone is 4. The molecule has 1 heterocycles. The Hall–Kier alpha value is -1.66. The number of morpholine rings is 1. The van der Waals surface area contributed by atoms with Gasteiger partial charge in [-0.15, -0.1) is 0 Å². The number of nitrogens with one attached hydrogen (secondary N) is 1. The maximum absolute atomic E-state index is 14.1. The van der Waals surface area contributed by atoms with Crippen molar-refractivity contribution in [3.05, 3.63) is 24.3 Å². The maximum atomic E-state index is 14.1. The number of hydrogen-bond acceptors (Lipinski definition) is 4. The van der Waals surface area contributed by atoms with Crippen LogP contribution in [-0.2, 0) is 14.3 Å². The molecule has 57 heavy (non-hydrogen) atoms. The summed E-state index contributed by atoms with van der Waals surface area (Å²) in [5.41, 5.74) is 0. The minimum absolute atomic E-state index is 0.114. The van der Waals surface area contributed by atoms with Crippen LogP contribution in [0, 0.1) is 5.92 Å². The second-order valence-electron chi connectivity index (χ2n) is 17.8. The highest BCUT2D eigenvalue weighted by molar-refractivity contribution is 5.88. The van der Waals surface area contributed by atoms with Crippen molar-refractivity contribution in [3.8, 4) is 0 Å². The Morgan fingerprint density at radius 2 is 1.11 bits per heavy atom. The Morgan fingerprint density at radius 1 is 0.614 bits per heavy atom. The number of carbonyl (C=O) groups is 2. The average molecular weight is 798 g/mol. The number of nitrogens with zero attached hydrogens (tertiary/aromatic N) is 2. The lowest BCUT2D eigenvalue weighted by molar-refractivity contribution is -0.143. The van der Waals surface area contributed by atoms with Crippen molar-refractivity contribution < 1.29 is 14.3 Å². The van der Waals surface area contributed by atoms with Gasteiger partial charge < -0.3 is 15.0 Å². The summed E-state index contributed by atoms with van der Waals surface area (Å²) < 4.78 is 5.58. The van der Waals surface area contributed by atoms with E-state index in [4.69, 9.17) is 4.74 Å². The third kappa shape index (κ3) is 28.4. The molecule has 2 rings (SSSR count). The topological polar surface area (TPSA) is 61.9 Å². The monoisotopic (exact) mass is 798 g/mol. The Labute approximate surface area is 354 Å². The molecule has 2 amide bonds. The molecule has 6 nitrogen and oxygen atoms in total. The molecule has 2 fully saturated rings. The van der Waals surface area contributed by atoms with E-state index in [9.17, 15) is 9.59 Å². The van der Waals surface area contributed by atoms with E-state index in [1.54, 1.807) is 0 Å². The number of amides is 2. The zero-order valence-corrected chi connectivity index (χ0v) is 38.1. The van der Waals surface area contributed by atoms with Crippen LogP contribution in [0.4, 0.5) is 0 Å². The normalized spacial score (nSPS) is 16.2. The van der Waals surface area contributed by atoms with E-state index in [2.05, 4.69) is 53.3 Å². The zero-order chi connectivity index (χ0) is 40.7. The van der Waals surface area contributed by atoms with Gasteiger partial charge in [0.1, 0.15) is 6.04 Å². The van der Waals surface area contributed by atoms with Gasteiger partial charge in [-0.3, -0.25) is 14.5 Å². The van der Waals surface area contributed by atoms with Gasteiger partial charge in [-0.25, -0.2) is 0 Å².